The fraction of sp³-hybridized carbons (Fsp3) is 0.638. The summed E-state index contributed by atoms with van der Waals surface area (Å²) in [5.74, 6) is -2.11. The van der Waals surface area contributed by atoms with Gasteiger partial charge in [0, 0.05) is 57.5 Å². The van der Waals surface area contributed by atoms with Crippen molar-refractivity contribution < 1.29 is 81.2 Å². The molecular weight excluding hydrogens is 949 g/mol. The summed E-state index contributed by atoms with van der Waals surface area (Å²) in [4.78, 5) is 142. The number of isocyanates is 2. The Hall–Kier alpha value is -7.39. The lowest BCUT2D eigenvalue weighted by molar-refractivity contribution is -0.139. The van der Waals surface area contributed by atoms with Crippen molar-refractivity contribution in [1.29, 1.82) is 0 Å². The predicted molar refractivity (Wildman–Crippen MR) is 258 cm³/mol. The van der Waals surface area contributed by atoms with E-state index in [1.807, 2.05) is 0 Å². The number of nitrogens with one attached hydrogen (secondary N) is 3. The van der Waals surface area contributed by atoms with Gasteiger partial charge < -0.3 is 44.4 Å². The number of hydrogen-bond acceptors (Lipinski definition) is 19. The van der Waals surface area contributed by atoms with Gasteiger partial charge >= 0.3 is 54.3 Å². The number of imide groups is 3. The summed E-state index contributed by atoms with van der Waals surface area (Å²) >= 11 is 0. The molecule has 25 nitrogen and oxygen atoms in total. The molecular formula is C47H72N8O17. The monoisotopic (exact) mass is 1020 g/mol. The van der Waals surface area contributed by atoms with Gasteiger partial charge in [-0.15, -0.1) is 0 Å². The maximum absolute atomic E-state index is 13.2. The molecule has 0 aliphatic heterocycles. The highest BCUT2D eigenvalue weighted by Gasteiger charge is 2.25. The summed E-state index contributed by atoms with van der Waals surface area (Å²) < 4.78 is 29.9. The van der Waals surface area contributed by atoms with E-state index in [1.165, 1.54) is 12.2 Å². The molecule has 9 amide bonds. The minimum atomic E-state index is -0.969. The van der Waals surface area contributed by atoms with Crippen LogP contribution in [0.15, 0.2) is 47.9 Å². The Morgan fingerprint density at radius 3 is 0.889 bits per heavy atom. The van der Waals surface area contributed by atoms with Crippen molar-refractivity contribution in [2.45, 2.75) is 103 Å². The number of amides is 9. The fourth-order valence-electron chi connectivity index (χ4n) is 6.00. The average Bonchev–Trinajstić information content (AvgIpc) is 3.37. The van der Waals surface area contributed by atoms with E-state index in [1.54, 1.807) is 0 Å². The number of carbonyl (C=O) groups is 9. The third-order valence-electron chi connectivity index (χ3n) is 9.73. The van der Waals surface area contributed by atoms with E-state index in [0.29, 0.717) is 103 Å². The van der Waals surface area contributed by atoms with Crippen LogP contribution in [0.3, 0.4) is 0 Å². The first kappa shape index (κ1) is 64.6. The third kappa shape index (κ3) is 34.8. The second-order valence-corrected chi connectivity index (χ2v) is 15.2. The molecule has 25 heteroatoms. The van der Waals surface area contributed by atoms with Crippen LogP contribution in [0.25, 0.3) is 0 Å². The first-order valence-corrected chi connectivity index (χ1v) is 24.0. The minimum absolute atomic E-state index is 0.00875. The molecule has 72 heavy (non-hydrogen) atoms. The van der Waals surface area contributed by atoms with E-state index in [-0.39, 0.29) is 78.9 Å². The van der Waals surface area contributed by atoms with E-state index in [4.69, 9.17) is 28.4 Å². The molecule has 0 bridgehead atoms. The molecule has 0 saturated heterocycles. The van der Waals surface area contributed by atoms with Gasteiger partial charge in [0.15, 0.2) is 0 Å². The number of unbranched alkanes of at least 4 members (excludes halogenated alkanes) is 12. The van der Waals surface area contributed by atoms with Crippen molar-refractivity contribution in [1.82, 2.24) is 30.7 Å². The molecule has 0 saturated carbocycles. The number of aliphatic imine (C=N–C) groups is 2. The fourth-order valence-corrected chi connectivity index (χ4v) is 6.00. The molecule has 0 aliphatic carbocycles. The molecule has 0 spiro atoms. The molecule has 0 aliphatic rings. The van der Waals surface area contributed by atoms with Crippen molar-refractivity contribution >= 4 is 66.4 Å². The molecule has 0 atom stereocenters. The minimum Gasteiger partial charge on any atom is -0.459 e. The lowest BCUT2D eigenvalue weighted by Crippen LogP contribution is -2.45. The number of nitrogens with zero attached hydrogens (tertiary/aromatic N) is 5. The topological polar surface area (TPSA) is 314 Å². The molecule has 0 unspecified atom stereocenters. The van der Waals surface area contributed by atoms with E-state index in [2.05, 4.69) is 45.7 Å². The Labute approximate surface area is 420 Å². The normalized spacial score (nSPS) is 10.1. The van der Waals surface area contributed by atoms with Crippen LogP contribution >= 0.6 is 0 Å². The van der Waals surface area contributed by atoms with Crippen molar-refractivity contribution in [2.75, 3.05) is 92.0 Å². The van der Waals surface area contributed by atoms with Gasteiger partial charge in [-0.25, -0.2) is 77.4 Å². The Morgan fingerprint density at radius 2 is 0.625 bits per heavy atom. The van der Waals surface area contributed by atoms with E-state index >= 15 is 0 Å². The number of urea groups is 3. The van der Waals surface area contributed by atoms with E-state index in [9.17, 15) is 52.7 Å². The smallest absolute Gasteiger partial charge is 0.418 e. The highest BCUT2D eigenvalue weighted by atomic mass is 16.6. The molecule has 3 N–H and O–H groups in total. The molecule has 0 fully saturated rings. The standard InChI is InChI=1S/C47H72N8O17/c1-4-39(58)67-31-34-70-45(64)53(28-20-12-9-16-24-49-38-57)43(62)51-26-18-11-14-22-30-55(47(66)72-36-33-69-41(60)6-3)44(63)52-27-19-10-13-21-29-54(46(65)71-35-32-68-40(59)5-2)42(61)50-25-17-8-7-15-23-48-37-56/h4-6H,1-3,7-36H2,(H,50,61)(H,51,62)(H,52,63). The number of hydrogen-bond donors (Lipinski definition) is 3. The summed E-state index contributed by atoms with van der Waals surface area (Å²) in [6.07, 6.45) is 12.2. The zero-order chi connectivity index (χ0) is 53.5. The summed E-state index contributed by atoms with van der Waals surface area (Å²) in [5, 5.41) is 8.08. The average molecular weight is 1020 g/mol. The molecule has 0 aromatic rings. The third-order valence-corrected chi connectivity index (χ3v) is 9.73. The van der Waals surface area contributed by atoms with Crippen molar-refractivity contribution in [3.05, 3.63) is 38.0 Å². The van der Waals surface area contributed by atoms with Gasteiger partial charge in [-0.05, 0) is 51.4 Å². The zero-order valence-corrected chi connectivity index (χ0v) is 41.2. The largest absolute Gasteiger partial charge is 0.459 e. The Morgan fingerprint density at radius 1 is 0.375 bits per heavy atom. The first-order valence-electron chi connectivity index (χ1n) is 24.0. The number of rotatable bonds is 40. The van der Waals surface area contributed by atoms with E-state index < -0.39 is 54.3 Å². The molecule has 0 aromatic carbocycles. The number of carbonyl (C=O) groups excluding carboxylic acids is 11. The van der Waals surface area contributed by atoms with Crippen LogP contribution in [0.1, 0.15) is 103 Å². The van der Waals surface area contributed by atoms with Crippen LogP contribution in [0.4, 0.5) is 28.8 Å². The van der Waals surface area contributed by atoms with Crippen LogP contribution in [0.5, 0.6) is 0 Å². The summed E-state index contributed by atoms with van der Waals surface area (Å²) in [5.41, 5.74) is 0. The number of esters is 3. The quantitative estimate of drug-likeness (QED) is 0.0170. The molecule has 402 valence electrons. The lowest BCUT2D eigenvalue weighted by Gasteiger charge is -2.22. The Balaban J connectivity index is 5.20. The number of ether oxygens (including phenoxy) is 6. The van der Waals surface area contributed by atoms with Crippen LogP contribution in [-0.4, -0.2) is 173 Å². The van der Waals surface area contributed by atoms with Gasteiger partial charge in [0.1, 0.15) is 39.6 Å². The lowest BCUT2D eigenvalue weighted by atomic mass is 10.2. The van der Waals surface area contributed by atoms with Crippen molar-refractivity contribution in [2.24, 2.45) is 9.98 Å². The Kier molecular flexibility index (Phi) is 40.2. The highest BCUT2D eigenvalue weighted by molar-refractivity contribution is 5.92. The molecule has 0 aromatic heterocycles. The van der Waals surface area contributed by atoms with Gasteiger partial charge in [-0.2, -0.15) is 0 Å². The maximum Gasteiger partial charge on any atom is 0.418 e. The van der Waals surface area contributed by atoms with Gasteiger partial charge in [-0.1, -0.05) is 71.1 Å². The summed E-state index contributed by atoms with van der Waals surface area (Å²) in [6, 6.07) is -2.08. The van der Waals surface area contributed by atoms with Crippen LogP contribution in [-0.2, 0) is 52.4 Å². The van der Waals surface area contributed by atoms with Crippen LogP contribution in [0.2, 0.25) is 0 Å². The molecule has 0 rings (SSSR count). The van der Waals surface area contributed by atoms with Crippen LogP contribution in [0, 0.1) is 0 Å². The second-order valence-electron chi connectivity index (χ2n) is 15.2. The highest BCUT2D eigenvalue weighted by Crippen LogP contribution is 2.09. The maximum atomic E-state index is 13.2. The second kappa shape index (κ2) is 44.8. The summed E-state index contributed by atoms with van der Waals surface area (Å²) in [6.45, 7) is 9.61. The zero-order valence-electron chi connectivity index (χ0n) is 41.2. The van der Waals surface area contributed by atoms with Gasteiger partial charge in [0.05, 0.1) is 13.1 Å². The van der Waals surface area contributed by atoms with Gasteiger partial charge in [0.2, 0.25) is 12.2 Å². The van der Waals surface area contributed by atoms with Crippen LogP contribution < -0.4 is 16.0 Å². The van der Waals surface area contributed by atoms with Crippen molar-refractivity contribution in [3.8, 4) is 0 Å². The van der Waals surface area contributed by atoms with Gasteiger partial charge in [0.25, 0.3) is 0 Å². The van der Waals surface area contributed by atoms with E-state index in [0.717, 1.165) is 45.8 Å². The molecule has 0 radical (unpaired) electrons. The predicted octanol–water partition coefficient (Wildman–Crippen LogP) is 5.53. The summed E-state index contributed by atoms with van der Waals surface area (Å²) in [7, 11) is 0. The molecule has 0 heterocycles. The van der Waals surface area contributed by atoms with Crippen molar-refractivity contribution in [3.63, 3.8) is 0 Å². The Bertz CT molecular complexity index is 1800. The first-order chi connectivity index (χ1) is 34.9. The SMILES string of the molecule is C=CC(=O)OCCOC(=O)N(CCCCCCN=C=O)C(=O)NCCCCCCN(C(=O)NCCCCCCN(C(=O)NCCCCCCN=C=O)C(=O)OCCOC(=O)C=C)C(=O)OCCOC(=O)C=C. The van der Waals surface area contributed by atoms with Gasteiger partial charge in [-0.3, -0.25) is 0 Å².